The number of carbonyl (C=O) groups excluding carboxylic acids is 1. The predicted octanol–water partition coefficient (Wildman–Crippen LogP) is 6.86. The number of nitrogens with zero attached hydrogens (tertiary/aromatic N) is 3. The first-order valence-corrected chi connectivity index (χ1v) is 15.6. The quantitative estimate of drug-likeness (QED) is 0.248. The van der Waals surface area contributed by atoms with E-state index < -0.39 is 0 Å². The fraction of sp³-hybridized carbons (Fsp3) is 0.543. The predicted molar refractivity (Wildman–Crippen MR) is 167 cm³/mol. The first kappa shape index (κ1) is 30.3. The number of carbonyl (C=O) groups is 1. The van der Waals surface area contributed by atoms with Gasteiger partial charge in [-0.25, -0.2) is 0 Å². The van der Waals surface area contributed by atoms with E-state index in [9.17, 15) is 9.90 Å². The first-order valence-electron chi connectivity index (χ1n) is 15.6. The number of aromatic nitrogens is 2. The molecule has 0 spiro atoms. The summed E-state index contributed by atoms with van der Waals surface area (Å²) in [6.45, 7) is 10.6. The summed E-state index contributed by atoms with van der Waals surface area (Å²) in [6.07, 6.45) is 15.0. The topological polar surface area (TPSA) is 76.8 Å². The van der Waals surface area contributed by atoms with E-state index in [0.29, 0.717) is 43.9 Å². The number of amides is 1. The molecule has 1 aromatic carbocycles. The number of hydrogen-bond donors (Lipinski definition) is 1. The van der Waals surface area contributed by atoms with Crippen LogP contribution >= 0.6 is 0 Å². The van der Waals surface area contributed by atoms with E-state index in [1.165, 1.54) is 0 Å². The zero-order valence-corrected chi connectivity index (χ0v) is 25.5. The molecule has 1 saturated heterocycles. The van der Waals surface area contributed by atoms with Gasteiger partial charge >= 0.3 is 0 Å². The maximum absolute atomic E-state index is 14.0. The minimum Gasteiger partial charge on any atom is -0.497 e. The van der Waals surface area contributed by atoms with Crippen LogP contribution in [0.5, 0.6) is 0 Å². The molecule has 0 unspecified atom stereocenters. The molecule has 42 heavy (non-hydrogen) atoms. The Hall–Kier alpha value is -3.16. The van der Waals surface area contributed by atoms with E-state index in [0.717, 1.165) is 78.8 Å². The molecule has 3 aliphatic rings. The van der Waals surface area contributed by atoms with Crippen LogP contribution in [0.3, 0.4) is 0 Å². The summed E-state index contributed by atoms with van der Waals surface area (Å²) in [5, 5.41) is 14.6. The minimum atomic E-state index is -0.280. The Labute approximate surface area is 250 Å². The number of ether oxygens (including phenoxy) is 2. The molecule has 2 heterocycles. The highest BCUT2D eigenvalue weighted by Gasteiger charge is 2.32. The Morgan fingerprint density at radius 3 is 2.43 bits per heavy atom. The molecule has 2 aromatic rings. The Morgan fingerprint density at radius 1 is 1.07 bits per heavy atom. The summed E-state index contributed by atoms with van der Waals surface area (Å²) in [5.74, 6) is 1.95. The highest BCUT2D eigenvalue weighted by atomic mass is 16.5. The first-order chi connectivity index (χ1) is 20.3. The molecular formula is C35H47N3O4. The lowest BCUT2D eigenvalue weighted by molar-refractivity contribution is -0.124. The van der Waals surface area contributed by atoms with Crippen molar-refractivity contribution in [1.29, 1.82) is 0 Å². The highest BCUT2D eigenvalue weighted by molar-refractivity contribution is 5.95. The number of aliphatic hydroxyl groups excluding tert-OH is 1. The largest absolute Gasteiger partial charge is 0.497 e. The number of aliphatic hydroxyl groups is 1. The molecule has 5 rings (SSSR count). The van der Waals surface area contributed by atoms with Crippen LogP contribution in [0.4, 0.5) is 5.69 Å². The third-order valence-corrected chi connectivity index (χ3v) is 9.37. The Morgan fingerprint density at radius 2 is 1.79 bits per heavy atom. The van der Waals surface area contributed by atoms with Gasteiger partial charge in [0.25, 0.3) is 0 Å². The maximum Gasteiger partial charge on any atom is 0.230 e. The molecular weight excluding hydrogens is 526 g/mol. The SMILES string of the molecule is C=C(/C=C\C(OC)=C(C)C)C1CCC(CN(C(=O)C2CCC(O)CC2)c2cccc(-c3cnn(C4COC4)c3)c2)CC1. The van der Waals surface area contributed by atoms with Crippen molar-refractivity contribution in [3.63, 3.8) is 0 Å². The van der Waals surface area contributed by atoms with Crippen molar-refractivity contribution >= 4 is 11.6 Å². The van der Waals surface area contributed by atoms with Crippen molar-refractivity contribution in [3.8, 4) is 11.1 Å². The van der Waals surface area contributed by atoms with E-state index >= 15 is 0 Å². The smallest absolute Gasteiger partial charge is 0.230 e. The van der Waals surface area contributed by atoms with Crippen LogP contribution < -0.4 is 4.90 Å². The van der Waals surface area contributed by atoms with Gasteiger partial charge in [0, 0.05) is 29.9 Å². The van der Waals surface area contributed by atoms with Crippen molar-refractivity contribution in [2.75, 3.05) is 31.8 Å². The molecule has 1 aliphatic heterocycles. The molecule has 0 radical (unpaired) electrons. The van der Waals surface area contributed by atoms with Crippen molar-refractivity contribution in [2.24, 2.45) is 17.8 Å². The second-order valence-corrected chi connectivity index (χ2v) is 12.6. The number of methoxy groups -OCH3 is 1. The number of rotatable bonds is 10. The maximum atomic E-state index is 14.0. The lowest BCUT2D eigenvalue weighted by Crippen LogP contribution is -2.42. The van der Waals surface area contributed by atoms with E-state index in [-0.39, 0.29) is 17.9 Å². The van der Waals surface area contributed by atoms with Gasteiger partial charge in [0.15, 0.2) is 0 Å². The van der Waals surface area contributed by atoms with Crippen LogP contribution in [-0.4, -0.2) is 53.8 Å². The molecule has 2 saturated carbocycles. The van der Waals surface area contributed by atoms with Crippen LogP contribution in [-0.2, 0) is 14.3 Å². The van der Waals surface area contributed by atoms with Gasteiger partial charge in [0.2, 0.25) is 5.91 Å². The van der Waals surface area contributed by atoms with Crippen LogP contribution in [0, 0.1) is 17.8 Å². The second-order valence-electron chi connectivity index (χ2n) is 12.6. The van der Waals surface area contributed by atoms with Gasteiger partial charge in [0.1, 0.15) is 5.76 Å². The molecule has 0 atom stereocenters. The van der Waals surface area contributed by atoms with E-state index in [2.05, 4.69) is 47.0 Å². The molecule has 1 amide bonds. The zero-order chi connectivity index (χ0) is 29.6. The van der Waals surface area contributed by atoms with Crippen molar-refractivity contribution < 1.29 is 19.4 Å². The zero-order valence-electron chi connectivity index (χ0n) is 25.5. The van der Waals surface area contributed by atoms with Gasteiger partial charge in [-0.1, -0.05) is 30.4 Å². The summed E-state index contributed by atoms with van der Waals surface area (Å²) < 4.78 is 12.8. The molecule has 3 fully saturated rings. The van der Waals surface area contributed by atoms with Gasteiger partial charge in [-0.3, -0.25) is 9.48 Å². The third-order valence-electron chi connectivity index (χ3n) is 9.37. The summed E-state index contributed by atoms with van der Waals surface area (Å²) in [4.78, 5) is 16.1. The summed E-state index contributed by atoms with van der Waals surface area (Å²) >= 11 is 0. The fourth-order valence-corrected chi connectivity index (χ4v) is 6.51. The van der Waals surface area contributed by atoms with Gasteiger partial charge in [-0.05, 0) is 106 Å². The average Bonchev–Trinajstić information content (AvgIpc) is 3.45. The van der Waals surface area contributed by atoms with Gasteiger partial charge in [-0.2, -0.15) is 5.10 Å². The molecule has 226 valence electrons. The van der Waals surface area contributed by atoms with E-state index in [1.807, 2.05) is 36.9 Å². The minimum absolute atomic E-state index is 0.0373. The van der Waals surface area contributed by atoms with Crippen molar-refractivity contribution in [3.05, 3.63) is 72.3 Å². The van der Waals surface area contributed by atoms with Gasteiger partial charge in [0.05, 0.1) is 38.7 Å². The number of hydrogen-bond acceptors (Lipinski definition) is 5. The molecule has 1 N–H and O–H groups in total. The number of allylic oxidation sites excluding steroid dienone is 4. The van der Waals surface area contributed by atoms with Gasteiger partial charge in [-0.15, -0.1) is 0 Å². The fourth-order valence-electron chi connectivity index (χ4n) is 6.51. The lowest BCUT2D eigenvalue weighted by atomic mass is 9.78. The molecule has 7 heteroatoms. The average molecular weight is 574 g/mol. The molecule has 1 aromatic heterocycles. The normalized spacial score (nSPS) is 24.7. The molecule has 7 nitrogen and oxygen atoms in total. The van der Waals surface area contributed by atoms with Gasteiger partial charge < -0.3 is 19.5 Å². The summed E-state index contributed by atoms with van der Waals surface area (Å²) in [6, 6.07) is 8.66. The number of benzene rings is 1. The van der Waals surface area contributed by atoms with Crippen LogP contribution in [0.1, 0.15) is 71.3 Å². The lowest BCUT2D eigenvalue weighted by Gasteiger charge is -2.36. The van der Waals surface area contributed by atoms with Crippen LogP contribution in [0.25, 0.3) is 11.1 Å². The number of anilines is 1. The molecule has 2 aliphatic carbocycles. The van der Waals surface area contributed by atoms with Crippen LogP contribution in [0.2, 0.25) is 0 Å². The summed E-state index contributed by atoms with van der Waals surface area (Å²) in [5.41, 5.74) is 5.36. The highest BCUT2D eigenvalue weighted by Crippen LogP contribution is 2.36. The monoisotopic (exact) mass is 573 g/mol. The Balaban J connectivity index is 1.29. The van der Waals surface area contributed by atoms with Crippen molar-refractivity contribution in [1.82, 2.24) is 9.78 Å². The van der Waals surface area contributed by atoms with Crippen molar-refractivity contribution in [2.45, 2.75) is 77.4 Å². The summed E-state index contributed by atoms with van der Waals surface area (Å²) in [7, 11) is 1.70. The molecule has 0 bridgehead atoms. The second kappa shape index (κ2) is 13.9. The van der Waals surface area contributed by atoms with E-state index in [1.54, 1.807) is 7.11 Å². The standard InChI is InChI=1S/C35H47N3O4/c1-24(2)34(41-4)17-8-25(3)27-11-9-26(10-12-27)20-37(35(40)28-13-15-33(39)16-14-28)31-7-5-6-29(18-31)30-19-36-38(21-30)32-22-42-23-32/h5-8,17-19,21,26-28,32-33,39H,3,9-16,20,22-23H2,1-2,4H3/b17-8-. The Bertz CT molecular complexity index is 1290. The van der Waals surface area contributed by atoms with Crippen LogP contribution in [0.15, 0.2) is 72.3 Å². The van der Waals surface area contributed by atoms with E-state index in [4.69, 9.17) is 9.47 Å². The third kappa shape index (κ3) is 7.24. The Kier molecular flexibility index (Phi) is 10.0.